The van der Waals surface area contributed by atoms with Gasteiger partial charge in [0.25, 0.3) is 0 Å². The number of aliphatic carboxylic acids is 1. The molecule has 16 heavy (non-hydrogen) atoms. The van der Waals surface area contributed by atoms with Gasteiger partial charge in [0.1, 0.15) is 6.04 Å². The van der Waals surface area contributed by atoms with Crippen molar-refractivity contribution in [2.24, 2.45) is 0 Å². The number of likely N-dealkylation sites (tertiary alicyclic amines) is 2. The molecule has 92 valence electrons. The average Bonchev–Trinajstić information content (AvgIpc) is 2.81. The highest BCUT2D eigenvalue weighted by Gasteiger charge is 2.29. The molecule has 2 aliphatic rings. The van der Waals surface area contributed by atoms with E-state index in [9.17, 15) is 4.79 Å². The summed E-state index contributed by atoms with van der Waals surface area (Å²) in [6.45, 7) is 6.17. The van der Waals surface area contributed by atoms with Crippen molar-refractivity contribution >= 4 is 5.97 Å². The summed E-state index contributed by atoms with van der Waals surface area (Å²) < 4.78 is 0. The molecule has 0 amide bonds. The van der Waals surface area contributed by atoms with Crippen LogP contribution in [0.2, 0.25) is 0 Å². The Hall–Kier alpha value is -0.610. The normalized spacial score (nSPS) is 27.1. The minimum atomic E-state index is -0.695. The van der Waals surface area contributed by atoms with Gasteiger partial charge < -0.3 is 10.0 Å². The fourth-order valence-electron chi connectivity index (χ4n) is 2.90. The molecule has 2 aliphatic heterocycles. The maximum absolute atomic E-state index is 10.9. The fraction of sp³-hybridized carbons (Fsp3) is 0.917. The summed E-state index contributed by atoms with van der Waals surface area (Å²) in [5, 5.41) is 8.96. The Bertz CT molecular complexity index is 243. The second-order valence-corrected chi connectivity index (χ2v) is 5.02. The van der Waals surface area contributed by atoms with Crippen molar-refractivity contribution < 1.29 is 9.90 Å². The standard InChI is InChI=1S/C12H22N2O2/c1-10(12(15)16)13-8-4-11(5-9-13)14-6-2-3-7-14/h10-11H,2-9H2,1H3,(H,15,16). The van der Waals surface area contributed by atoms with Gasteiger partial charge in [0, 0.05) is 19.1 Å². The zero-order valence-electron chi connectivity index (χ0n) is 10.1. The van der Waals surface area contributed by atoms with E-state index >= 15 is 0 Å². The predicted octanol–water partition coefficient (Wildman–Crippen LogP) is 1.02. The van der Waals surface area contributed by atoms with E-state index in [4.69, 9.17) is 5.11 Å². The van der Waals surface area contributed by atoms with Gasteiger partial charge in [-0.15, -0.1) is 0 Å². The van der Waals surface area contributed by atoms with E-state index in [1.807, 2.05) is 0 Å². The number of hydrogen-bond acceptors (Lipinski definition) is 3. The van der Waals surface area contributed by atoms with Crippen LogP contribution in [0.5, 0.6) is 0 Å². The molecule has 0 saturated carbocycles. The molecule has 2 saturated heterocycles. The lowest BCUT2D eigenvalue weighted by atomic mass is 10.0. The van der Waals surface area contributed by atoms with Crippen LogP contribution in [0.15, 0.2) is 0 Å². The molecule has 2 rings (SSSR count). The van der Waals surface area contributed by atoms with E-state index in [0.29, 0.717) is 6.04 Å². The Balaban J connectivity index is 1.79. The topological polar surface area (TPSA) is 43.8 Å². The third kappa shape index (κ3) is 2.55. The highest BCUT2D eigenvalue weighted by Crippen LogP contribution is 2.21. The lowest BCUT2D eigenvalue weighted by Gasteiger charge is -2.38. The molecule has 0 aliphatic carbocycles. The molecule has 0 aromatic rings. The maximum Gasteiger partial charge on any atom is 0.320 e. The monoisotopic (exact) mass is 226 g/mol. The SMILES string of the molecule is CC(C(=O)O)N1CCC(N2CCCC2)CC1. The fourth-order valence-corrected chi connectivity index (χ4v) is 2.90. The number of piperidine rings is 1. The Morgan fingerprint density at radius 1 is 1.19 bits per heavy atom. The molecule has 1 N–H and O–H groups in total. The van der Waals surface area contributed by atoms with Gasteiger partial charge in [-0.05, 0) is 45.7 Å². The van der Waals surface area contributed by atoms with Crippen LogP contribution in [0.1, 0.15) is 32.6 Å². The molecule has 1 atom stereocenters. The number of rotatable bonds is 3. The van der Waals surface area contributed by atoms with Crippen LogP contribution < -0.4 is 0 Å². The van der Waals surface area contributed by atoms with E-state index in [-0.39, 0.29) is 6.04 Å². The lowest BCUT2D eigenvalue weighted by Crippen LogP contribution is -2.48. The van der Waals surface area contributed by atoms with E-state index < -0.39 is 5.97 Å². The molecule has 1 unspecified atom stereocenters. The molecule has 0 bridgehead atoms. The van der Waals surface area contributed by atoms with Gasteiger partial charge in [-0.25, -0.2) is 0 Å². The Labute approximate surface area is 97.2 Å². The molecular formula is C12H22N2O2. The molecule has 2 heterocycles. The average molecular weight is 226 g/mol. The smallest absolute Gasteiger partial charge is 0.320 e. The number of hydrogen-bond donors (Lipinski definition) is 1. The van der Waals surface area contributed by atoms with Crippen LogP contribution >= 0.6 is 0 Å². The summed E-state index contributed by atoms with van der Waals surface area (Å²) in [6.07, 6.45) is 4.95. The summed E-state index contributed by atoms with van der Waals surface area (Å²) in [7, 11) is 0. The van der Waals surface area contributed by atoms with Crippen LogP contribution in [0.25, 0.3) is 0 Å². The third-order valence-electron chi connectivity index (χ3n) is 4.06. The van der Waals surface area contributed by atoms with Crippen molar-refractivity contribution in [2.75, 3.05) is 26.2 Å². The lowest BCUT2D eigenvalue weighted by molar-refractivity contribution is -0.143. The molecular weight excluding hydrogens is 204 g/mol. The molecule has 0 spiro atoms. The van der Waals surface area contributed by atoms with E-state index in [1.165, 1.54) is 25.9 Å². The molecule has 0 aromatic carbocycles. The highest BCUT2D eigenvalue weighted by atomic mass is 16.4. The summed E-state index contributed by atoms with van der Waals surface area (Å²) in [6, 6.07) is 0.388. The predicted molar refractivity (Wildman–Crippen MR) is 62.5 cm³/mol. The summed E-state index contributed by atoms with van der Waals surface area (Å²) >= 11 is 0. The minimum Gasteiger partial charge on any atom is -0.480 e. The van der Waals surface area contributed by atoms with E-state index in [0.717, 1.165) is 25.9 Å². The van der Waals surface area contributed by atoms with Crippen molar-refractivity contribution in [1.29, 1.82) is 0 Å². The summed E-state index contributed by atoms with van der Waals surface area (Å²) in [5.74, 6) is -0.695. The number of nitrogens with zero attached hydrogens (tertiary/aromatic N) is 2. The van der Waals surface area contributed by atoms with Crippen molar-refractivity contribution in [2.45, 2.75) is 44.7 Å². The van der Waals surface area contributed by atoms with E-state index in [1.54, 1.807) is 6.92 Å². The van der Waals surface area contributed by atoms with Crippen molar-refractivity contribution in [3.8, 4) is 0 Å². The first kappa shape index (κ1) is 11.9. The summed E-state index contributed by atoms with van der Waals surface area (Å²) in [4.78, 5) is 15.6. The second-order valence-electron chi connectivity index (χ2n) is 5.02. The molecule has 2 fully saturated rings. The minimum absolute atomic E-state index is 0.320. The Morgan fingerprint density at radius 2 is 1.75 bits per heavy atom. The Kier molecular flexibility index (Phi) is 3.82. The van der Waals surface area contributed by atoms with Crippen molar-refractivity contribution in [1.82, 2.24) is 9.80 Å². The maximum atomic E-state index is 10.9. The molecule has 4 nitrogen and oxygen atoms in total. The first-order valence-electron chi connectivity index (χ1n) is 6.39. The van der Waals surface area contributed by atoms with Crippen LogP contribution in [0, 0.1) is 0 Å². The van der Waals surface area contributed by atoms with Crippen LogP contribution in [-0.4, -0.2) is 59.1 Å². The number of carboxylic acids is 1. The molecule has 4 heteroatoms. The van der Waals surface area contributed by atoms with Crippen LogP contribution in [0.3, 0.4) is 0 Å². The number of carboxylic acid groups (broad SMARTS) is 1. The molecule has 0 radical (unpaired) electrons. The van der Waals surface area contributed by atoms with Gasteiger partial charge >= 0.3 is 5.97 Å². The quantitative estimate of drug-likeness (QED) is 0.780. The summed E-state index contributed by atoms with van der Waals surface area (Å²) in [5.41, 5.74) is 0. The van der Waals surface area contributed by atoms with Gasteiger partial charge in [-0.2, -0.15) is 0 Å². The van der Waals surface area contributed by atoms with Crippen molar-refractivity contribution in [3.05, 3.63) is 0 Å². The number of carbonyl (C=O) groups is 1. The second kappa shape index (κ2) is 5.15. The Morgan fingerprint density at radius 3 is 2.25 bits per heavy atom. The molecule has 0 aromatic heterocycles. The van der Waals surface area contributed by atoms with Gasteiger partial charge in [0.2, 0.25) is 0 Å². The first-order chi connectivity index (χ1) is 7.68. The largest absolute Gasteiger partial charge is 0.480 e. The first-order valence-corrected chi connectivity index (χ1v) is 6.39. The van der Waals surface area contributed by atoms with Gasteiger partial charge in [-0.3, -0.25) is 9.69 Å². The van der Waals surface area contributed by atoms with Gasteiger partial charge in [0.05, 0.1) is 0 Å². The van der Waals surface area contributed by atoms with Gasteiger partial charge in [-0.1, -0.05) is 0 Å². The van der Waals surface area contributed by atoms with E-state index in [2.05, 4.69) is 9.80 Å². The van der Waals surface area contributed by atoms with Crippen LogP contribution in [0.4, 0.5) is 0 Å². The van der Waals surface area contributed by atoms with Crippen LogP contribution in [-0.2, 0) is 4.79 Å². The van der Waals surface area contributed by atoms with Crippen molar-refractivity contribution in [3.63, 3.8) is 0 Å². The zero-order chi connectivity index (χ0) is 11.5. The zero-order valence-corrected chi connectivity index (χ0v) is 10.1. The highest BCUT2D eigenvalue weighted by molar-refractivity contribution is 5.72. The van der Waals surface area contributed by atoms with Gasteiger partial charge in [0.15, 0.2) is 0 Å². The third-order valence-corrected chi connectivity index (χ3v) is 4.06.